The van der Waals surface area contributed by atoms with Gasteiger partial charge in [0, 0.05) is 47.2 Å². The van der Waals surface area contributed by atoms with Crippen molar-refractivity contribution in [3.05, 3.63) is 117 Å². The van der Waals surface area contributed by atoms with Crippen molar-refractivity contribution in [3.63, 3.8) is 0 Å². The van der Waals surface area contributed by atoms with Crippen molar-refractivity contribution in [2.24, 2.45) is 5.92 Å². The summed E-state index contributed by atoms with van der Waals surface area (Å²) in [5.74, 6) is -0.464. The first-order valence-electron chi connectivity index (χ1n) is 14.5. The normalized spacial score (nSPS) is 17.9. The summed E-state index contributed by atoms with van der Waals surface area (Å²) in [5.41, 5.74) is 7.07. The zero-order valence-electron chi connectivity index (χ0n) is 23.6. The van der Waals surface area contributed by atoms with Crippen LogP contribution >= 0.6 is 11.6 Å². The molecule has 0 spiro atoms. The Balaban J connectivity index is 1.28. The molecule has 4 aromatic rings. The number of likely N-dealkylation sites (tertiary alicyclic amines) is 1. The Morgan fingerprint density at radius 2 is 1.93 bits per heavy atom. The van der Waals surface area contributed by atoms with Gasteiger partial charge in [-0.3, -0.25) is 14.7 Å². The van der Waals surface area contributed by atoms with Gasteiger partial charge in [0.25, 0.3) is 0 Å². The molecular weight excluding hydrogens is 565 g/mol. The van der Waals surface area contributed by atoms with E-state index in [1.54, 1.807) is 18.3 Å². The molecule has 1 N–H and O–H groups in total. The van der Waals surface area contributed by atoms with E-state index >= 15 is 0 Å². The smallest absolute Gasteiger partial charge is 0.307 e. The van der Waals surface area contributed by atoms with Crippen LogP contribution in [0.5, 0.6) is 5.75 Å². The van der Waals surface area contributed by atoms with Crippen LogP contribution in [0.1, 0.15) is 52.1 Å². The number of carbonyl (C=O) groups is 1. The average molecular weight is 596 g/mol. The molecule has 2 aliphatic rings. The molecule has 2 atom stereocenters. The minimum absolute atomic E-state index is 0.219. The number of aromatic nitrogens is 1. The maximum atomic E-state index is 14.7. The fourth-order valence-electron chi connectivity index (χ4n) is 6.41. The van der Waals surface area contributed by atoms with E-state index in [4.69, 9.17) is 16.3 Å². The van der Waals surface area contributed by atoms with Gasteiger partial charge in [0.2, 0.25) is 0 Å². The second-order valence-corrected chi connectivity index (χ2v) is 11.8. The van der Waals surface area contributed by atoms with Crippen LogP contribution in [0.15, 0.2) is 73.1 Å². The zero-order chi connectivity index (χ0) is 29.9. The molecule has 0 bridgehead atoms. The van der Waals surface area contributed by atoms with Gasteiger partial charge in [-0.2, -0.15) is 5.26 Å². The summed E-state index contributed by atoms with van der Waals surface area (Å²) in [5, 5.41) is 19.4. The second kappa shape index (κ2) is 12.5. The topological polar surface area (TPSA) is 86.5 Å². The van der Waals surface area contributed by atoms with Crippen LogP contribution in [-0.2, 0) is 30.8 Å². The Labute approximate surface area is 255 Å². The number of carboxylic acids is 1. The SMILES string of the molecule is N#Cc1cncc(COc2cc(C[C@H]3CCc4c(-c5ccccc5F)cccc43)c(Cl)cc2CN2CCC(C(=O)O)C2)c1. The molecule has 3 aromatic carbocycles. The molecule has 1 saturated heterocycles. The monoisotopic (exact) mass is 595 g/mol. The van der Waals surface area contributed by atoms with E-state index < -0.39 is 5.97 Å². The predicted octanol–water partition coefficient (Wildman–Crippen LogP) is 7.17. The van der Waals surface area contributed by atoms with Crippen LogP contribution in [0.2, 0.25) is 5.02 Å². The van der Waals surface area contributed by atoms with Crippen LogP contribution in [0.25, 0.3) is 11.1 Å². The van der Waals surface area contributed by atoms with Crippen LogP contribution in [0.3, 0.4) is 0 Å². The number of aliphatic carboxylic acids is 1. The largest absolute Gasteiger partial charge is 0.489 e. The molecule has 1 fully saturated rings. The van der Waals surface area contributed by atoms with Gasteiger partial charge in [0.1, 0.15) is 24.2 Å². The molecule has 0 saturated carbocycles. The minimum atomic E-state index is -0.771. The first-order chi connectivity index (χ1) is 20.9. The number of hydrogen-bond donors (Lipinski definition) is 1. The van der Waals surface area contributed by atoms with E-state index in [-0.39, 0.29) is 24.3 Å². The number of pyridine rings is 1. The molecule has 8 heteroatoms. The van der Waals surface area contributed by atoms with Gasteiger partial charge < -0.3 is 9.84 Å². The fourth-order valence-corrected chi connectivity index (χ4v) is 6.67. The van der Waals surface area contributed by atoms with E-state index in [2.05, 4.69) is 22.0 Å². The van der Waals surface area contributed by atoms with Crippen LogP contribution < -0.4 is 4.74 Å². The highest BCUT2D eigenvalue weighted by molar-refractivity contribution is 6.31. The van der Waals surface area contributed by atoms with Gasteiger partial charge in [0.05, 0.1) is 11.5 Å². The first-order valence-corrected chi connectivity index (χ1v) is 14.9. The lowest BCUT2D eigenvalue weighted by atomic mass is 9.90. The van der Waals surface area contributed by atoms with Gasteiger partial charge in [-0.15, -0.1) is 0 Å². The third kappa shape index (κ3) is 6.27. The van der Waals surface area contributed by atoms with Crippen LogP contribution in [0, 0.1) is 23.1 Å². The second-order valence-electron chi connectivity index (χ2n) is 11.4. The Kier molecular flexibility index (Phi) is 8.42. The van der Waals surface area contributed by atoms with Gasteiger partial charge >= 0.3 is 5.97 Å². The number of benzene rings is 3. The Bertz CT molecular complexity index is 1720. The van der Waals surface area contributed by atoms with Crippen LogP contribution in [0.4, 0.5) is 4.39 Å². The van der Waals surface area contributed by atoms with Crippen molar-refractivity contribution in [1.29, 1.82) is 5.26 Å². The third-order valence-corrected chi connectivity index (χ3v) is 8.94. The Morgan fingerprint density at radius 1 is 1.09 bits per heavy atom. The summed E-state index contributed by atoms with van der Waals surface area (Å²) in [6, 6.07) is 20.8. The minimum Gasteiger partial charge on any atom is -0.489 e. The molecule has 1 aliphatic heterocycles. The van der Waals surface area contributed by atoms with Gasteiger partial charge in [-0.1, -0.05) is 48.0 Å². The van der Waals surface area contributed by atoms with Crippen molar-refractivity contribution < 1.29 is 19.0 Å². The lowest BCUT2D eigenvalue weighted by Crippen LogP contribution is -2.23. The molecule has 0 radical (unpaired) electrons. The van der Waals surface area contributed by atoms with Crippen molar-refractivity contribution in [3.8, 4) is 22.9 Å². The van der Waals surface area contributed by atoms with E-state index in [1.807, 2.05) is 36.4 Å². The Morgan fingerprint density at radius 3 is 2.72 bits per heavy atom. The summed E-state index contributed by atoms with van der Waals surface area (Å²) in [7, 11) is 0. The lowest BCUT2D eigenvalue weighted by Gasteiger charge is -2.21. The number of hydrogen-bond acceptors (Lipinski definition) is 5. The quantitative estimate of drug-likeness (QED) is 0.221. The number of fused-ring (bicyclic) bond motifs is 1. The summed E-state index contributed by atoms with van der Waals surface area (Å²) >= 11 is 6.91. The Hall–Kier alpha value is -4.25. The maximum Gasteiger partial charge on any atom is 0.307 e. The lowest BCUT2D eigenvalue weighted by molar-refractivity contribution is -0.141. The van der Waals surface area contributed by atoms with Crippen molar-refractivity contribution in [2.45, 2.75) is 44.8 Å². The van der Waals surface area contributed by atoms with Crippen molar-refractivity contribution in [1.82, 2.24) is 9.88 Å². The molecule has 1 unspecified atom stereocenters. The number of halogens is 2. The highest BCUT2D eigenvalue weighted by Crippen LogP contribution is 2.42. The molecule has 1 aromatic heterocycles. The standard InChI is InChI=1S/C35H31ClFN3O3/c36-32-14-27(20-40-11-10-25(19-40)35(41)42)34(43-21-23-12-22(16-38)17-39-18-23)15-26(32)13-24-8-9-30-28(24)5-3-6-29(30)31-4-1-2-7-33(31)37/h1-7,12,14-15,17-18,24-25H,8-11,13,19-21H2,(H,41,42)/t24-,25?/m1/s1. The van der Waals surface area contributed by atoms with E-state index in [0.717, 1.165) is 35.1 Å². The number of rotatable bonds is 9. The summed E-state index contributed by atoms with van der Waals surface area (Å²) < 4.78 is 21.0. The molecule has 2 heterocycles. The average Bonchev–Trinajstić information content (AvgIpc) is 3.66. The summed E-state index contributed by atoms with van der Waals surface area (Å²) in [6.45, 7) is 1.92. The molecular formula is C35H31ClFN3O3. The molecule has 43 heavy (non-hydrogen) atoms. The van der Waals surface area contributed by atoms with E-state index in [0.29, 0.717) is 54.4 Å². The predicted molar refractivity (Wildman–Crippen MR) is 162 cm³/mol. The van der Waals surface area contributed by atoms with Crippen LogP contribution in [-0.4, -0.2) is 34.0 Å². The highest BCUT2D eigenvalue weighted by Gasteiger charge is 2.30. The summed E-state index contributed by atoms with van der Waals surface area (Å²) in [4.78, 5) is 17.8. The maximum absolute atomic E-state index is 14.7. The molecule has 0 amide bonds. The number of ether oxygens (including phenoxy) is 1. The molecule has 1 aliphatic carbocycles. The molecule has 6 nitrogen and oxygen atoms in total. The van der Waals surface area contributed by atoms with Gasteiger partial charge in [-0.25, -0.2) is 4.39 Å². The molecule has 218 valence electrons. The number of nitrogens with zero attached hydrogens (tertiary/aromatic N) is 3. The van der Waals surface area contributed by atoms with Gasteiger partial charge in [-0.05, 0) is 84.7 Å². The molecule has 6 rings (SSSR count). The summed E-state index contributed by atoms with van der Waals surface area (Å²) in [6.07, 6.45) is 6.31. The highest BCUT2D eigenvalue weighted by atomic mass is 35.5. The fraction of sp³-hybridized carbons (Fsp3) is 0.286. The zero-order valence-corrected chi connectivity index (χ0v) is 24.4. The number of nitriles is 1. The van der Waals surface area contributed by atoms with Gasteiger partial charge in [0.15, 0.2) is 0 Å². The van der Waals surface area contributed by atoms with E-state index in [9.17, 15) is 19.6 Å². The third-order valence-electron chi connectivity index (χ3n) is 8.59. The van der Waals surface area contributed by atoms with E-state index in [1.165, 1.54) is 23.4 Å². The van der Waals surface area contributed by atoms with Crippen molar-refractivity contribution >= 4 is 17.6 Å². The van der Waals surface area contributed by atoms with Crippen molar-refractivity contribution in [2.75, 3.05) is 13.1 Å². The number of carboxylic acid groups (broad SMARTS) is 1. The first kappa shape index (κ1) is 28.9.